The van der Waals surface area contributed by atoms with Crippen LogP contribution in [0.3, 0.4) is 0 Å². The van der Waals surface area contributed by atoms with E-state index in [0.717, 1.165) is 96.3 Å². The second-order valence-electron chi connectivity index (χ2n) is 18.3. The van der Waals surface area contributed by atoms with Crippen LogP contribution in [0, 0.1) is 6.92 Å². The lowest BCUT2D eigenvalue weighted by Gasteiger charge is -2.13. The van der Waals surface area contributed by atoms with Crippen LogP contribution in [-0.2, 0) is 6.42 Å². The molecule has 0 heterocycles. The summed E-state index contributed by atoms with van der Waals surface area (Å²) in [6.07, 6.45) is 44.8. The maximum absolute atomic E-state index is 10.5. The Morgan fingerprint density at radius 1 is 0.410 bits per heavy atom. The lowest BCUT2D eigenvalue weighted by Crippen LogP contribution is -1.94. The smallest absolute Gasteiger partial charge is 0.164 e. The number of hydrogen-bond donors (Lipinski definition) is 2. The number of rotatable bonds is 30. The van der Waals surface area contributed by atoms with Gasteiger partial charge in [0.2, 0.25) is 0 Å². The fourth-order valence-electron chi connectivity index (χ4n) is 7.34. The van der Waals surface area contributed by atoms with Gasteiger partial charge in [-0.05, 0) is 211 Å². The second-order valence-corrected chi connectivity index (χ2v) is 18.3. The summed E-state index contributed by atoms with van der Waals surface area (Å²) in [5.41, 5.74) is 16.1. The molecular weight excluding hydrogens is 745 g/mol. The van der Waals surface area contributed by atoms with Crippen LogP contribution in [0.15, 0.2) is 123 Å². The van der Waals surface area contributed by atoms with E-state index in [1.165, 1.54) is 88.2 Å². The van der Waals surface area contributed by atoms with Gasteiger partial charge in [-0.3, -0.25) is 0 Å². The van der Waals surface area contributed by atoms with Crippen molar-refractivity contribution in [3.63, 3.8) is 0 Å². The summed E-state index contributed by atoms with van der Waals surface area (Å²) in [4.78, 5) is 0. The van der Waals surface area contributed by atoms with Gasteiger partial charge in [0.05, 0.1) is 7.11 Å². The van der Waals surface area contributed by atoms with Gasteiger partial charge in [-0.25, -0.2) is 0 Å². The molecule has 0 amide bonds. The van der Waals surface area contributed by atoms with Crippen molar-refractivity contribution >= 4 is 0 Å². The number of allylic oxidation sites excluding steroid dienone is 20. The van der Waals surface area contributed by atoms with Crippen LogP contribution >= 0.6 is 0 Å². The van der Waals surface area contributed by atoms with E-state index in [9.17, 15) is 10.2 Å². The Hall–Kier alpha value is -3.98. The van der Waals surface area contributed by atoms with Crippen molar-refractivity contribution in [2.75, 3.05) is 7.11 Å². The van der Waals surface area contributed by atoms with Gasteiger partial charge in [-0.2, -0.15) is 0 Å². The Kier molecular flexibility index (Phi) is 29.5. The van der Waals surface area contributed by atoms with Gasteiger partial charge >= 0.3 is 0 Å². The van der Waals surface area contributed by atoms with Crippen LogP contribution in [0.4, 0.5) is 0 Å². The van der Waals surface area contributed by atoms with Crippen LogP contribution in [0.1, 0.15) is 203 Å². The van der Waals surface area contributed by atoms with Crippen molar-refractivity contribution in [3.05, 3.63) is 134 Å². The highest BCUT2D eigenvalue weighted by molar-refractivity contribution is 5.56. The zero-order valence-corrected chi connectivity index (χ0v) is 41.6. The molecule has 0 saturated carbocycles. The Balaban J connectivity index is 2.29. The minimum absolute atomic E-state index is 0.112. The first-order valence-electron chi connectivity index (χ1n) is 23.6. The SMILES string of the molecule is COc1cc(O)c(C)c(CC=C(C)CCC=C(C)CCC=C(C)CCC=C(C)CCC=C(C)CCC=C(C)CCC=C(C)CCC=C(C)CCC=C(C)CCC=C(C)C)c1O. The lowest BCUT2D eigenvalue weighted by atomic mass is 10.00. The molecule has 0 atom stereocenters. The normalized spacial score (nSPS) is 14.3. The summed E-state index contributed by atoms with van der Waals surface area (Å²) < 4.78 is 5.21. The molecule has 61 heavy (non-hydrogen) atoms. The Morgan fingerprint density at radius 3 is 0.902 bits per heavy atom. The Bertz CT molecular complexity index is 1770. The topological polar surface area (TPSA) is 49.7 Å². The van der Waals surface area contributed by atoms with Crippen LogP contribution in [0.2, 0.25) is 0 Å². The molecule has 1 aromatic carbocycles. The molecule has 3 nitrogen and oxygen atoms in total. The molecule has 0 spiro atoms. The average Bonchev–Trinajstić information content (AvgIpc) is 3.19. The van der Waals surface area contributed by atoms with Crippen LogP contribution in [-0.4, -0.2) is 17.3 Å². The van der Waals surface area contributed by atoms with Crippen molar-refractivity contribution < 1.29 is 14.9 Å². The summed E-state index contributed by atoms with van der Waals surface area (Å²) in [6.45, 7) is 26.6. The predicted octanol–water partition coefficient (Wildman–Crippen LogP) is 18.5. The molecule has 0 aliphatic heterocycles. The highest BCUT2D eigenvalue weighted by Crippen LogP contribution is 2.38. The van der Waals surface area contributed by atoms with Gasteiger partial charge in [-0.1, -0.05) is 116 Å². The van der Waals surface area contributed by atoms with Crippen molar-refractivity contribution in [3.8, 4) is 17.2 Å². The van der Waals surface area contributed by atoms with E-state index in [0.29, 0.717) is 23.3 Å². The third-order valence-corrected chi connectivity index (χ3v) is 11.8. The summed E-state index contributed by atoms with van der Waals surface area (Å²) in [5, 5.41) is 20.7. The lowest BCUT2D eigenvalue weighted by molar-refractivity contribution is 0.365. The van der Waals surface area contributed by atoms with Crippen molar-refractivity contribution in [2.24, 2.45) is 0 Å². The first-order chi connectivity index (χ1) is 29.0. The molecule has 0 saturated heterocycles. The van der Waals surface area contributed by atoms with E-state index in [2.05, 4.69) is 137 Å². The minimum Gasteiger partial charge on any atom is -0.508 e. The zero-order valence-electron chi connectivity index (χ0n) is 41.6. The van der Waals surface area contributed by atoms with Gasteiger partial charge in [0.25, 0.3) is 0 Å². The second kappa shape index (κ2) is 32.7. The van der Waals surface area contributed by atoms with Crippen molar-refractivity contribution in [1.29, 1.82) is 0 Å². The fourth-order valence-corrected chi connectivity index (χ4v) is 7.34. The number of phenols is 2. The molecule has 0 unspecified atom stereocenters. The standard InChI is InChI=1S/C58H90O3/c1-44(2)23-14-24-45(3)25-15-26-46(4)27-16-28-47(5)29-17-30-48(6)31-18-32-49(7)33-19-34-50(8)35-20-36-51(9)37-21-38-52(10)39-22-40-53(11)41-42-55-54(12)56(59)43-57(61-13)58(55)60/h23,25,27,29,31,33,35,37,39,41,43,59-60H,14-22,24,26,28,30,32,34,36,38,40,42H2,1-13H3. The number of hydrogen-bond acceptors (Lipinski definition) is 3. The molecule has 340 valence electrons. The maximum Gasteiger partial charge on any atom is 0.164 e. The number of benzene rings is 1. The number of ether oxygens (including phenoxy) is 1. The summed E-state index contributed by atoms with van der Waals surface area (Å²) in [6, 6.07) is 1.47. The van der Waals surface area contributed by atoms with Crippen LogP contribution < -0.4 is 4.74 Å². The van der Waals surface area contributed by atoms with Gasteiger partial charge in [0.15, 0.2) is 11.5 Å². The predicted molar refractivity (Wildman–Crippen MR) is 271 cm³/mol. The fraction of sp³-hybridized carbons (Fsp3) is 0.552. The monoisotopic (exact) mass is 835 g/mol. The number of aromatic hydroxyl groups is 2. The quantitative estimate of drug-likeness (QED) is 0.0600. The maximum atomic E-state index is 10.5. The molecule has 0 radical (unpaired) electrons. The van der Waals surface area contributed by atoms with Gasteiger partial charge < -0.3 is 14.9 Å². The third-order valence-electron chi connectivity index (χ3n) is 11.8. The molecule has 0 aliphatic rings. The number of phenolic OH excluding ortho intramolecular Hbond substituents is 2. The molecule has 0 fully saturated rings. The molecule has 0 bridgehead atoms. The van der Waals surface area contributed by atoms with E-state index in [4.69, 9.17) is 4.74 Å². The van der Waals surface area contributed by atoms with Gasteiger partial charge in [-0.15, -0.1) is 0 Å². The summed E-state index contributed by atoms with van der Waals surface area (Å²) >= 11 is 0. The molecule has 2 N–H and O–H groups in total. The van der Waals surface area contributed by atoms with Crippen LogP contribution in [0.5, 0.6) is 17.2 Å². The van der Waals surface area contributed by atoms with Crippen molar-refractivity contribution in [2.45, 2.75) is 205 Å². The highest BCUT2D eigenvalue weighted by Gasteiger charge is 2.14. The molecule has 1 rings (SSSR count). The Labute approximate surface area is 376 Å². The van der Waals surface area contributed by atoms with E-state index >= 15 is 0 Å². The highest BCUT2D eigenvalue weighted by atomic mass is 16.5. The van der Waals surface area contributed by atoms with Crippen molar-refractivity contribution in [1.82, 2.24) is 0 Å². The van der Waals surface area contributed by atoms with E-state index in [-0.39, 0.29) is 11.5 Å². The molecule has 0 aromatic heterocycles. The van der Waals surface area contributed by atoms with E-state index < -0.39 is 0 Å². The Morgan fingerprint density at radius 2 is 0.656 bits per heavy atom. The zero-order chi connectivity index (χ0) is 45.6. The molecule has 0 aliphatic carbocycles. The van der Waals surface area contributed by atoms with E-state index in [1.54, 1.807) is 0 Å². The van der Waals surface area contributed by atoms with Gasteiger partial charge in [0.1, 0.15) is 5.75 Å². The molecular formula is C58H90O3. The summed E-state index contributed by atoms with van der Waals surface area (Å²) in [7, 11) is 1.50. The largest absolute Gasteiger partial charge is 0.508 e. The molecule has 3 heteroatoms. The first-order valence-corrected chi connectivity index (χ1v) is 23.6. The first kappa shape index (κ1) is 55.0. The van der Waals surface area contributed by atoms with E-state index in [1.807, 2.05) is 6.92 Å². The number of methoxy groups -OCH3 is 1. The summed E-state index contributed by atoms with van der Waals surface area (Å²) in [5.74, 6) is 0.567. The average molecular weight is 835 g/mol. The van der Waals surface area contributed by atoms with Gasteiger partial charge in [0, 0.05) is 11.6 Å². The molecule has 1 aromatic rings. The van der Waals surface area contributed by atoms with Crippen LogP contribution in [0.25, 0.3) is 0 Å². The third kappa shape index (κ3) is 27.6. The minimum atomic E-state index is 0.112.